The van der Waals surface area contributed by atoms with Gasteiger partial charge >= 0.3 is 0 Å². The summed E-state index contributed by atoms with van der Waals surface area (Å²) < 4.78 is 1.24. The fourth-order valence-corrected chi connectivity index (χ4v) is 9.66. The molecule has 0 amide bonds. The molecule has 0 aromatic heterocycles. The van der Waals surface area contributed by atoms with Gasteiger partial charge in [-0.25, -0.2) is 0 Å². The second-order valence-corrected chi connectivity index (χ2v) is 15.4. The number of unbranched alkanes of at least 4 members (excludes halogenated alkanes) is 12. The molecule has 2 unspecified atom stereocenters. The molecule has 0 aromatic carbocycles. The maximum atomic E-state index is 4.75. The minimum absolute atomic E-state index is 0.159. The van der Waals surface area contributed by atoms with Gasteiger partial charge in [0.2, 0.25) is 0 Å². The van der Waals surface area contributed by atoms with Crippen LogP contribution in [0.1, 0.15) is 164 Å². The normalized spacial score (nSPS) is 18.2. The summed E-state index contributed by atoms with van der Waals surface area (Å²) in [7, 11) is 4.75. The Morgan fingerprint density at radius 2 is 1.32 bits per heavy atom. The fourth-order valence-electron chi connectivity index (χ4n) is 6.37. The highest BCUT2D eigenvalue weighted by molar-refractivity contribution is 7.57. The van der Waals surface area contributed by atoms with E-state index in [0.29, 0.717) is 0 Å². The van der Waals surface area contributed by atoms with E-state index in [0.717, 1.165) is 12.5 Å². The smallest absolute Gasteiger partial charge is 0.105 e. The highest BCUT2D eigenvalue weighted by Gasteiger charge is 2.37. The van der Waals surface area contributed by atoms with Crippen LogP contribution in [0.15, 0.2) is 28.8 Å². The molecule has 242 valence electrons. The van der Waals surface area contributed by atoms with E-state index in [2.05, 4.69) is 47.4 Å². The Balaban J connectivity index is 0.00000781. The van der Waals surface area contributed by atoms with Crippen molar-refractivity contribution < 1.29 is 4.48 Å². The maximum absolute atomic E-state index is 4.75. The first-order valence-corrected chi connectivity index (χ1v) is 20.3. The first-order chi connectivity index (χ1) is 19.9. The topological polar surface area (TPSA) is 12.4 Å². The molecule has 2 nitrogen and oxygen atoms in total. The Labute approximate surface area is 261 Å². The molecule has 0 fully saturated rings. The molecule has 2 atom stereocenters. The number of likely N-dealkylation sites (N-methyl/N-ethyl adjacent to an activating group) is 1. The van der Waals surface area contributed by atoms with E-state index in [9.17, 15) is 0 Å². The summed E-state index contributed by atoms with van der Waals surface area (Å²) in [6.07, 6.45) is 32.8. The number of hydrogen-bond acceptors (Lipinski definition) is 1. The third-order valence-electron chi connectivity index (χ3n) is 9.23. The van der Waals surface area contributed by atoms with E-state index < -0.39 is 0 Å². The van der Waals surface area contributed by atoms with Crippen LogP contribution in [0.3, 0.4) is 0 Å². The first kappa shape index (κ1) is 40.5. The van der Waals surface area contributed by atoms with Gasteiger partial charge in [0.15, 0.2) is 0 Å². The number of rotatable bonds is 25. The third-order valence-corrected chi connectivity index (χ3v) is 12.1. The van der Waals surface area contributed by atoms with Crippen LogP contribution in [0.2, 0.25) is 0 Å². The van der Waals surface area contributed by atoms with Crippen LogP contribution in [0.25, 0.3) is 0 Å². The van der Waals surface area contributed by atoms with E-state index in [1.165, 1.54) is 168 Å². The van der Waals surface area contributed by atoms with Crippen molar-refractivity contribution in [2.45, 2.75) is 170 Å². The zero-order chi connectivity index (χ0) is 30.8. The molecule has 1 aliphatic rings. The van der Waals surface area contributed by atoms with Gasteiger partial charge < -0.3 is 4.48 Å². The van der Waals surface area contributed by atoms with E-state index in [1.807, 2.05) is 20.9 Å². The Morgan fingerprint density at radius 1 is 0.805 bits per heavy atom. The summed E-state index contributed by atoms with van der Waals surface area (Å²) >= 11 is 0. The summed E-state index contributed by atoms with van der Waals surface area (Å²) in [5, 5.41) is 0. The van der Waals surface area contributed by atoms with Crippen LogP contribution in [0, 0.1) is 0 Å². The molecule has 0 radical (unpaired) electrons. The SMILES string of the molecule is C=C(C1=CCC[N+](C)(C(CCCCCCCCC)CP(CCCC)CCCC)C1)C(CCCCCCC)=NC.CC. The zero-order valence-corrected chi connectivity index (χ0v) is 30.6. The number of quaternary nitrogens is 1. The van der Waals surface area contributed by atoms with Crippen molar-refractivity contribution in [3.63, 3.8) is 0 Å². The maximum Gasteiger partial charge on any atom is 0.105 e. The Bertz CT molecular complexity index is 674. The molecule has 0 saturated heterocycles. The van der Waals surface area contributed by atoms with Gasteiger partial charge in [0, 0.05) is 30.9 Å². The monoisotopic (exact) mass is 592 g/mol. The average molecular weight is 592 g/mol. The Hall–Kier alpha value is -0.460. The van der Waals surface area contributed by atoms with Crippen molar-refractivity contribution in [3.05, 3.63) is 23.8 Å². The molecule has 0 aromatic rings. The molecule has 0 N–H and O–H groups in total. The Kier molecular flexibility index (Phi) is 26.8. The lowest BCUT2D eigenvalue weighted by Crippen LogP contribution is -2.56. The number of nitrogens with zero attached hydrogens (tertiary/aromatic N) is 2. The lowest BCUT2D eigenvalue weighted by molar-refractivity contribution is -0.928. The molecule has 1 rings (SSSR count). The van der Waals surface area contributed by atoms with E-state index >= 15 is 0 Å². The second kappa shape index (κ2) is 27.1. The van der Waals surface area contributed by atoms with Gasteiger partial charge in [0.25, 0.3) is 0 Å². The van der Waals surface area contributed by atoms with Crippen molar-refractivity contribution in [2.75, 3.05) is 45.7 Å². The lowest BCUT2D eigenvalue weighted by atomic mass is 9.92. The summed E-state index contributed by atoms with van der Waals surface area (Å²) in [4.78, 5) is 4.75. The van der Waals surface area contributed by atoms with Crippen LogP contribution in [-0.4, -0.2) is 61.9 Å². The quantitative estimate of drug-likeness (QED) is 0.0433. The van der Waals surface area contributed by atoms with E-state index in [-0.39, 0.29) is 7.92 Å². The predicted octanol–water partition coefficient (Wildman–Crippen LogP) is 12.4. The molecular weight excluding hydrogens is 515 g/mol. The van der Waals surface area contributed by atoms with E-state index in [4.69, 9.17) is 4.99 Å². The zero-order valence-electron chi connectivity index (χ0n) is 29.7. The van der Waals surface area contributed by atoms with Crippen LogP contribution in [0.5, 0.6) is 0 Å². The molecule has 0 aliphatic carbocycles. The van der Waals surface area contributed by atoms with Crippen LogP contribution in [-0.2, 0) is 0 Å². The van der Waals surface area contributed by atoms with Crippen LogP contribution in [0.4, 0.5) is 0 Å². The molecule has 0 spiro atoms. The highest BCUT2D eigenvalue weighted by atomic mass is 31.1. The summed E-state index contributed by atoms with van der Waals surface area (Å²) in [5.74, 6) is 0. The largest absolute Gasteiger partial charge is 0.319 e. The van der Waals surface area contributed by atoms with Crippen molar-refractivity contribution >= 4 is 13.6 Å². The van der Waals surface area contributed by atoms with Crippen molar-refractivity contribution in [2.24, 2.45) is 4.99 Å². The highest BCUT2D eigenvalue weighted by Crippen LogP contribution is 2.42. The molecule has 0 bridgehead atoms. The van der Waals surface area contributed by atoms with Crippen LogP contribution >= 0.6 is 7.92 Å². The van der Waals surface area contributed by atoms with Gasteiger partial charge in [-0.15, -0.1) is 7.92 Å². The van der Waals surface area contributed by atoms with Gasteiger partial charge in [-0.05, 0) is 56.4 Å². The first-order valence-electron chi connectivity index (χ1n) is 18.4. The molecule has 1 heterocycles. The van der Waals surface area contributed by atoms with Crippen molar-refractivity contribution in [1.82, 2.24) is 0 Å². The number of hydrogen-bond donors (Lipinski definition) is 0. The van der Waals surface area contributed by atoms with Crippen LogP contribution < -0.4 is 0 Å². The molecule has 41 heavy (non-hydrogen) atoms. The molecule has 1 aliphatic heterocycles. The minimum Gasteiger partial charge on any atom is -0.319 e. The van der Waals surface area contributed by atoms with E-state index in [1.54, 1.807) is 0 Å². The van der Waals surface area contributed by atoms with Crippen molar-refractivity contribution in [3.8, 4) is 0 Å². The van der Waals surface area contributed by atoms with Gasteiger partial charge in [-0.1, -0.05) is 131 Å². The summed E-state index contributed by atoms with van der Waals surface area (Å²) in [6, 6.07) is 0.813. The van der Waals surface area contributed by atoms with Gasteiger partial charge in [0.1, 0.15) is 6.54 Å². The predicted molar refractivity (Wildman–Crippen MR) is 194 cm³/mol. The molecule has 0 saturated carbocycles. The third kappa shape index (κ3) is 18.1. The molecular formula is C38H76N2P+. The average Bonchev–Trinajstić information content (AvgIpc) is 2.99. The fraction of sp³-hybridized carbons (Fsp3) is 0.868. The van der Waals surface area contributed by atoms with Gasteiger partial charge in [-0.2, -0.15) is 0 Å². The van der Waals surface area contributed by atoms with Gasteiger partial charge in [-0.3, -0.25) is 4.99 Å². The molecule has 3 heteroatoms. The van der Waals surface area contributed by atoms with Gasteiger partial charge in [0.05, 0.1) is 19.6 Å². The lowest BCUT2D eigenvalue weighted by Gasteiger charge is -2.46. The number of aliphatic imine (C=N–C) groups is 1. The van der Waals surface area contributed by atoms with Crippen molar-refractivity contribution in [1.29, 1.82) is 0 Å². The second-order valence-electron chi connectivity index (χ2n) is 12.8. The minimum atomic E-state index is 0.159. The Morgan fingerprint density at radius 3 is 1.85 bits per heavy atom. The summed E-state index contributed by atoms with van der Waals surface area (Å²) in [6.45, 7) is 20.5. The standard InChI is InChI=1S/C36H70N2P.C2H6/c1-8-12-16-18-19-21-22-26-35(32-39(29-14-10-3)30-15-11-4)38(7)28-24-25-34(31-38)33(5)36(37-6)27-23-20-17-13-9-2;1-2/h25,35H,5,8-24,26-32H2,1-4,6-7H3;1-2H3/q+1;. The summed E-state index contributed by atoms with van der Waals surface area (Å²) in [5.41, 5.74) is 4.03.